The lowest BCUT2D eigenvalue weighted by Crippen LogP contribution is -2.17. The standard InChI is InChI=1S/C16H12ClNO2S/c17-10-3-1-4-11(9-10)18-16(20)13-6-2-5-12-14(19)7-8-21-15(12)13/h1-6,9H,7-8H2,(H,18,20). The smallest absolute Gasteiger partial charge is 0.256 e. The maximum absolute atomic E-state index is 12.4. The summed E-state index contributed by atoms with van der Waals surface area (Å²) in [7, 11) is 0. The van der Waals surface area contributed by atoms with Gasteiger partial charge in [-0.15, -0.1) is 11.8 Å². The number of thioether (sulfide) groups is 1. The van der Waals surface area contributed by atoms with E-state index in [1.54, 1.807) is 54.2 Å². The number of nitrogens with one attached hydrogen (secondary N) is 1. The molecule has 2 aromatic carbocycles. The van der Waals surface area contributed by atoms with Crippen molar-refractivity contribution in [3.63, 3.8) is 0 Å². The summed E-state index contributed by atoms with van der Waals surface area (Å²) in [5, 5.41) is 3.38. The molecule has 1 aliphatic heterocycles. The van der Waals surface area contributed by atoms with Crippen molar-refractivity contribution >= 4 is 40.7 Å². The molecule has 2 aromatic rings. The largest absolute Gasteiger partial charge is 0.322 e. The quantitative estimate of drug-likeness (QED) is 0.899. The first-order valence-electron chi connectivity index (χ1n) is 6.51. The molecule has 21 heavy (non-hydrogen) atoms. The van der Waals surface area contributed by atoms with Crippen molar-refractivity contribution in [2.45, 2.75) is 11.3 Å². The molecule has 106 valence electrons. The predicted molar refractivity (Wildman–Crippen MR) is 85.5 cm³/mol. The summed E-state index contributed by atoms with van der Waals surface area (Å²) in [5.74, 6) is 0.588. The molecule has 1 amide bonds. The molecule has 1 heterocycles. The Bertz CT molecular complexity index is 730. The molecule has 0 atom stereocenters. The Labute approximate surface area is 131 Å². The van der Waals surface area contributed by atoms with E-state index in [0.29, 0.717) is 34.0 Å². The maximum atomic E-state index is 12.4. The van der Waals surface area contributed by atoms with Gasteiger partial charge in [-0.3, -0.25) is 9.59 Å². The third-order valence-electron chi connectivity index (χ3n) is 3.22. The molecule has 0 fully saturated rings. The number of amides is 1. The Morgan fingerprint density at radius 2 is 2.00 bits per heavy atom. The highest BCUT2D eigenvalue weighted by Gasteiger charge is 2.23. The van der Waals surface area contributed by atoms with E-state index in [0.717, 1.165) is 4.90 Å². The number of carbonyl (C=O) groups excluding carboxylic acids is 2. The van der Waals surface area contributed by atoms with Crippen molar-refractivity contribution in [1.29, 1.82) is 0 Å². The molecule has 1 aliphatic rings. The van der Waals surface area contributed by atoms with Crippen LogP contribution in [0.4, 0.5) is 5.69 Å². The van der Waals surface area contributed by atoms with Crippen LogP contribution in [-0.2, 0) is 0 Å². The van der Waals surface area contributed by atoms with E-state index in [1.165, 1.54) is 0 Å². The monoisotopic (exact) mass is 317 g/mol. The second kappa shape index (κ2) is 5.92. The number of carbonyl (C=O) groups is 2. The number of halogens is 1. The summed E-state index contributed by atoms with van der Waals surface area (Å²) in [6, 6.07) is 12.2. The van der Waals surface area contributed by atoms with Crippen LogP contribution in [0.1, 0.15) is 27.1 Å². The fraction of sp³-hybridized carbons (Fsp3) is 0.125. The van der Waals surface area contributed by atoms with Crippen LogP contribution in [0.3, 0.4) is 0 Å². The van der Waals surface area contributed by atoms with Crippen molar-refractivity contribution in [3.05, 3.63) is 58.6 Å². The predicted octanol–water partition coefficient (Wildman–Crippen LogP) is 4.27. The molecular formula is C16H12ClNO2S. The number of Topliss-reactive ketones (excluding diaryl/α,β-unsaturated/α-hetero) is 1. The fourth-order valence-corrected chi connectivity index (χ4v) is 3.57. The van der Waals surface area contributed by atoms with E-state index in [9.17, 15) is 9.59 Å². The molecule has 0 bridgehead atoms. The van der Waals surface area contributed by atoms with Crippen LogP contribution in [0.2, 0.25) is 5.02 Å². The Kier molecular flexibility index (Phi) is 3.99. The van der Waals surface area contributed by atoms with E-state index in [1.807, 2.05) is 0 Å². The van der Waals surface area contributed by atoms with Gasteiger partial charge in [-0.2, -0.15) is 0 Å². The zero-order valence-corrected chi connectivity index (χ0v) is 12.6. The number of benzene rings is 2. The maximum Gasteiger partial charge on any atom is 0.256 e. The number of fused-ring (bicyclic) bond motifs is 1. The summed E-state index contributed by atoms with van der Waals surface area (Å²) < 4.78 is 0. The summed E-state index contributed by atoms with van der Waals surface area (Å²) in [5.41, 5.74) is 1.81. The zero-order chi connectivity index (χ0) is 14.8. The first kappa shape index (κ1) is 14.2. The van der Waals surface area contributed by atoms with Gasteiger partial charge in [-0.05, 0) is 24.3 Å². The Morgan fingerprint density at radius 1 is 1.19 bits per heavy atom. The molecule has 0 unspecified atom stereocenters. The number of hydrogen-bond acceptors (Lipinski definition) is 3. The van der Waals surface area contributed by atoms with Gasteiger partial charge in [0.2, 0.25) is 0 Å². The molecule has 0 aliphatic carbocycles. The zero-order valence-electron chi connectivity index (χ0n) is 11.1. The van der Waals surface area contributed by atoms with Gasteiger partial charge in [-0.1, -0.05) is 29.8 Å². The molecule has 0 saturated heterocycles. The van der Waals surface area contributed by atoms with Crippen LogP contribution in [0.15, 0.2) is 47.4 Å². The van der Waals surface area contributed by atoms with Gasteiger partial charge in [0.05, 0.1) is 5.56 Å². The van der Waals surface area contributed by atoms with E-state index >= 15 is 0 Å². The van der Waals surface area contributed by atoms with Crippen LogP contribution < -0.4 is 5.32 Å². The van der Waals surface area contributed by atoms with E-state index in [2.05, 4.69) is 5.32 Å². The van der Waals surface area contributed by atoms with Crippen molar-refractivity contribution in [1.82, 2.24) is 0 Å². The highest BCUT2D eigenvalue weighted by atomic mass is 35.5. The number of ketones is 1. The first-order valence-corrected chi connectivity index (χ1v) is 7.87. The molecule has 0 saturated carbocycles. The molecule has 5 heteroatoms. The minimum Gasteiger partial charge on any atom is -0.322 e. The lowest BCUT2D eigenvalue weighted by atomic mass is 10.0. The second-order valence-corrected chi connectivity index (χ2v) is 6.21. The van der Waals surface area contributed by atoms with Crippen molar-refractivity contribution in [2.24, 2.45) is 0 Å². The van der Waals surface area contributed by atoms with Crippen LogP contribution in [-0.4, -0.2) is 17.4 Å². The van der Waals surface area contributed by atoms with Crippen molar-refractivity contribution in [3.8, 4) is 0 Å². The van der Waals surface area contributed by atoms with Crippen LogP contribution in [0.25, 0.3) is 0 Å². The highest BCUT2D eigenvalue weighted by Crippen LogP contribution is 2.33. The minimum atomic E-state index is -0.226. The highest BCUT2D eigenvalue weighted by molar-refractivity contribution is 7.99. The third kappa shape index (κ3) is 2.96. The summed E-state index contributed by atoms with van der Waals surface area (Å²) in [6.45, 7) is 0. The van der Waals surface area contributed by atoms with Crippen LogP contribution in [0, 0.1) is 0 Å². The Balaban J connectivity index is 1.92. The van der Waals surface area contributed by atoms with E-state index < -0.39 is 0 Å². The molecular weight excluding hydrogens is 306 g/mol. The van der Waals surface area contributed by atoms with Crippen LogP contribution in [0.5, 0.6) is 0 Å². The Morgan fingerprint density at radius 3 is 2.81 bits per heavy atom. The van der Waals surface area contributed by atoms with Crippen LogP contribution >= 0.6 is 23.4 Å². The third-order valence-corrected chi connectivity index (χ3v) is 4.59. The topological polar surface area (TPSA) is 46.2 Å². The van der Waals surface area contributed by atoms with Gasteiger partial charge in [0.15, 0.2) is 5.78 Å². The first-order chi connectivity index (χ1) is 10.1. The normalized spacial score (nSPS) is 13.7. The van der Waals surface area contributed by atoms with Gasteiger partial charge in [0, 0.05) is 33.3 Å². The van der Waals surface area contributed by atoms with Gasteiger partial charge in [0.1, 0.15) is 0 Å². The average Bonchev–Trinajstić information content (AvgIpc) is 2.47. The SMILES string of the molecule is O=C1CCSc2c1cccc2C(=O)Nc1cccc(Cl)c1. The number of hydrogen-bond donors (Lipinski definition) is 1. The van der Waals surface area contributed by atoms with E-state index in [4.69, 9.17) is 11.6 Å². The summed E-state index contributed by atoms with van der Waals surface area (Å²) in [4.78, 5) is 25.1. The minimum absolute atomic E-state index is 0.0983. The van der Waals surface area contributed by atoms with E-state index in [-0.39, 0.29) is 11.7 Å². The van der Waals surface area contributed by atoms with Gasteiger partial charge in [-0.25, -0.2) is 0 Å². The second-order valence-electron chi connectivity index (χ2n) is 4.67. The molecule has 3 rings (SSSR count). The number of anilines is 1. The Hall–Kier alpha value is -1.78. The van der Waals surface area contributed by atoms with Gasteiger partial charge >= 0.3 is 0 Å². The van der Waals surface area contributed by atoms with Crippen molar-refractivity contribution in [2.75, 3.05) is 11.1 Å². The lowest BCUT2D eigenvalue weighted by Gasteiger charge is -2.17. The van der Waals surface area contributed by atoms with Crippen molar-refractivity contribution < 1.29 is 9.59 Å². The number of rotatable bonds is 2. The van der Waals surface area contributed by atoms with Gasteiger partial charge < -0.3 is 5.32 Å². The molecule has 0 radical (unpaired) electrons. The fourth-order valence-electron chi connectivity index (χ4n) is 2.24. The lowest BCUT2D eigenvalue weighted by molar-refractivity contribution is 0.0984. The van der Waals surface area contributed by atoms with Gasteiger partial charge in [0.25, 0.3) is 5.91 Å². The average molecular weight is 318 g/mol. The summed E-state index contributed by atoms with van der Waals surface area (Å²) >= 11 is 7.46. The molecule has 1 N–H and O–H groups in total. The molecule has 3 nitrogen and oxygen atoms in total. The molecule has 0 aromatic heterocycles. The summed E-state index contributed by atoms with van der Waals surface area (Å²) in [6.07, 6.45) is 0.525. The molecule has 0 spiro atoms.